The predicted molar refractivity (Wildman–Crippen MR) is 46.9 cm³/mol. The van der Waals surface area contributed by atoms with Crippen molar-refractivity contribution in [1.29, 1.82) is 0 Å². The molecule has 0 radical (unpaired) electrons. The largest absolute Gasteiger partial charge is 0.399 e. The molecule has 0 saturated heterocycles. The standard InChI is InChI=1S/C10H15N/c11-10-3-1-2-9(7-10)6-8-4-5-8/h1,3,7-9H,2,4-6,11H2. The summed E-state index contributed by atoms with van der Waals surface area (Å²) >= 11 is 0. The maximum atomic E-state index is 5.70. The molecule has 0 aromatic rings. The summed E-state index contributed by atoms with van der Waals surface area (Å²) in [4.78, 5) is 0. The van der Waals surface area contributed by atoms with Gasteiger partial charge in [0.15, 0.2) is 0 Å². The fraction of sp³-hybridized carbons (Fsp3) is 0.600. The van der Waals surface area contributed by atoms with Gasteiger partial charge in [-0.05, 0) is 30.8 Å². The smallest absolute Gasteiger partial charge is 0.0273 e. The molecule has 2 aliphatic carbocycles. The van der Waals surface area contributed by atoms with Crippen LogP contribution in [-0.4, -0.2) is 0 Å². The molecule has 2 N–H and O–H groups in total. The zero-order valence-electron chi connectivity index (χ0n) is 6.79. The van der Waals surface area contributed by atoms with E-state index in [-0.39, 0.29) is 0 Å². The maximum Gasteiger partial charge on any atom is 0.0273 e. The highest BCUT2D eigenvalue weighted by molar-refractivity contribution is 5.20. The molecule has 1 saturated carbocycles. The van der Waals surface area contributed by atoms with E-state index in [1.165, 1.54) is 25.7 Å². The molecule has 1 heteroatoms. The molecule has 60 valence electrons. The van der Waals surface area contributed by atoms with E-state index in [2.05, 4.69) is 12.2 Å². The van der Waals surface area contributed by atoms with E-state index in [0.717, 1.165) is 17.5 Å². The summed E-state index contributed by atoms with van der Waals surface area (Å²) in [6.07, 6.45) is 11.9. The molecule has 0 heterocycles. The Hall–Kier alpha value is -0.720. The summed E-state index contributed by atoms with van der Waals surface area (Å²) in [6, 6.07) is 0. The lowest BCUT2D eigenvalue weighted by Crippen LogP contribution is -2.05. The number of allylic oxidation sites excluding steroid dienone is 3. The summed E-state index contributed by atoms with van der Waals surface area (Å²) in [6.45, 7) is 0. The maximum absolute atomic E-state index is 5.70. The summed E-state index contributed by atoms with van der Waals surface area (Å²) < 4.78 is 0. The third-order valence-corrected chi connectivity index (χ3v) is 2.51. The first kappa shape index (κ1) is 6.96. The average Bonchev–Trinajstić information content (AvgIpc) is 2.71. The fourth-order valence-electron chi connectivity index (χ4n) is 1.72. The van der Waals surface area contributed by atoms with Gasteiger partial charge in [-0.3, -0.25) is 0 Å². The van der Waals surface area contributed by atoms with Crippen LogP contribution in [0.3, 0.4) is 0 Å². The average molecular weight is 149 g/mol. The molecule has 0 aromatic heterocycles. The first-order valence-corrected chi connectivity index (χ1v) is 4.48. The SMILES string of the molecule is NC1=CC(CC2CC2)CC=C1. The van der Waals surface area contributed by atoms with Gasteiger partial charge in [-0.15, -0.1) is 0 Å². The molecule has 11 heavy (non-hydrogen) atoms. The van der Waals surface area contributed by atoms with E-state index < -0.39 is 0 Å². The second kappa shape index (κ2) is 2.72. The molecule has 2 rings (SSSR count). The number of rotatable bonds is 2. The molecular formula is C10H15N. The van der Waals surface area contributed by atoms with E-state index in [1.54, 1.807) is 0 Å². The summed E-state index contributed by atoms with van der Waals surface area (Å²) in [5.74, 6) is 1.77. The molecule has 1 fully saturated rings. The summed E-state index contributed by atoms with van der Waals surface area (Å²) in [5, 5.41) is 0. The molecule has 1 atom stereocenters. The Morgan fingerprint density at radius 3 is 2.91 bits per heavy atom. The molecule has 0 bridgehead atoms. The Morgan fingerprint density at radius 1 is 1.45 bits per heavy atom. The van der Waals surface area contributed by atoms with Crippen molar-refractivity contribution in [2.45, 2.75) is 25.7 Å². The van der Waals surface area contributed by atoms with Crippen LogP contribution in [0.25, 0.3) is 0 Å². The van der Waals surface area contributed by atoms with Crippen molar-refractivity contribution in [3.05, 3.63) is 23.9 Å². The highest BCUT2D eigenvalue weighted by Crippen LogP contribution is 2.37. The second-order valence-corrected chi connectivity index (χ2v) is 3.74. The van der Waals surface area contributed by atoms with Gasteiger partial charge >= 0.3 is 0 Å². The Morgan fingerprint density at radius 2 is 2.27 bits per heavy atom. The molecule has 0 amide bonds. The van der Waals surface area contributed by atoms with Crippen molar-refractivity contribution in [2.24, 2.45) is 17.6 Å². The van der Waals surface area contributed by atoms with Crippen LogP contribution in [0.1, 0.15) is 25.7 Å². The van der Waals surface area contributed by atoms with Crippen LogP contribution in [0.2, 0.25) is 0 Å². The Labute approximate surface area is 68.0 Å². The normalized spacial score (nSPS) is 30.2. The van der Waals surface area contributed by atoms with Gasteiger partial charge in [0.1, 0.15) is 0 Å². The Balaban J connectivity index is 1.89. The van der Waals surface area contributed by atoms with E-state index in [0.29, 0.717) is 0 Å². The van der Waals surface area contributed by atoms with Crippen molar-refractivity contribution in [3.63, 3.8) is 0 Å². The number of hydrogen-bond acceptors (Lipinski definition) is 1. The van der Waals surface area contributed by atoms with E-state index in [1.807, 2.05) is 6.08 Å². The summed E-state index contributed by atoms with van der Waals surface area (Å²) in [7, 11) is 0. The molecule has 0 spiro atoms. The van der Waals surface area contributed by atoms with Crippen LogP contribution in [0.5, 0.6) is 0 Å². The van der Waals surface area contributed by atoms with Crippen molar-refractivity contribution < 1.29 is 0 Å². The van der Waals surface area contributed by atoms with Crippen LogP contribution < -0.4 is 5.73 Å². The minimum atomic E-state index is 0.743. The topological polar surface area (TPSA) is 26.0 Å². The van der Waals surface area contributed by atoms with Crippen LogP contribution in [0.4, 0.5) is 0 Å². The van der Waals surface area contributed by atoms with Gasteiger partial charge in [0, 0.05) is 5.70 Å². The highest BCUT2D eigenvalue weighted by atomic mass is 14.6. The molecule has 1 nitrogen and oxygen atoms in total. The van der Waals surface area contributed by atoms with Crippen molar-refractivity contribution in [1.82, 2.24) is 0 Å². The third-order valence-electron chi connectivity index (χ3n) is 2.51. The Bertz CT molecular complexity index is 199. The third kappa shape index (κ3) is 1.86. The molecule has 0 aromatic carbocycles. The van der Waals surface area contributed by atoms with Gasteiger partial charge in [0.25, 0.3) is 0 Å². The van der Waals surface area contributed by atoms with Crippen molar-refractivity contribution in [3.8, 4) is 0 Å². The lowest BCUT2D eigenvalue weighted by atomic mass is 9.94. The van der Waals surface area contributed by atoms with Gasteiger partial charge in [0.05, 0.1) is 0 Å². The monoisotopic (exact) mass is 149 g/mol. The van der Waals surface area contributed by atoms with E-state index >= 15 is 0 Å². The van der Waals surface area contributed by atoms with Crippen LogP contribution in [0.15, 0.2) is 23.9 Å². The zero-order chi connectivity index (χ0) is 7.68. The highest BCUT2D eigenvalue weighted by Gasteiger charge is 2.24. The van der Waals surface area contributed by atoms with E-state index in [9.17, 15) is 0 Å². The fourth-order valence-corrected chi connectivity index (χ4v) is 1.72. The quantitative estimate of drug-likeness (QED) is 0.640. The predicted octanol–water partition coefficient (Wildman–Crippen LogP) is 2.21. The molecule has 0 aliphatic heterocycles. The molecular weight excluding hydrogens is 134 g/mol. The van der Waals surface area contributed by atoms with Crippen LogP contribution in [0, 0.1) is 11.8 Å². The second-order valence-electron chi connectivity index (χ2n) is 3.74. The van der Waals surface area contributed by atoms with Crippen molar-refractivity contribution >= 4 is 0 Å². The molecule has 2 aliphatic rings. The summed E-state index contributed by atoms with van der Waals surface area (Å²) in [5.41, 5.74) is 6.66. The first-order valence-electron chi connectivity index (χ1n) is 4.48. The lowest BCUT2D eigenvalue weighted by molar-refractivity contribution is 0.545. The number of hydrogen-bond donors (Lipinski definition) is 1. The Kier molecular flexibility index (Phi) is 1.72. The van der Waals surface area contributed by atoms with Gasteiger partial charge in [-0.1, -0.05) is 25.0 Å². The molecule has 1 unspecified atom stereocenters. The van der Waals surface area contributed by atoms with Crippen LogP contribution in [-0.2, 0) is 0 Å². The van der Waals surface area contributed by atoms with Gasteiger partial charge in [-0.2, -0.15) is 0 Å². The van der Waals surface area contributed by atoms with Crippen molar-refractivity contribution in [2.75, 3.05) is 0 Å². The minimum absolute atomic E-state index is 0.743. The minimum Gasteiger partial charge on any atom is -0.399 e. The van der Waals surface area contributed by atoms with Gasteiger partial charge < -0.3 is 5.73 Å². The van der Waals surface area contributed by atoms with Gasteiger partial charge in [0.2, 0.25) is 0 Å². The van der Waals surface area contributed by atoms with Gasteiger partial charge in [-0.25, -0.2) is 0 Å². The van der Waals surface area contributed by atoms with E-state index in [4.69, 9.17) is 5.73 Å². The lowest BCUT2D eigenvalue weighted by Gasteiger charge is -2.13. The zero-order valence-corrected chi connectivity index (χ0v) is 6.79. The van der Waals surface area contributed by atoms with Crippen LogP contribution >= 0.6 is 0 Å². The number of nitrogens with two attached hydrogens (primary N) is 1. The first-order chi connectivity index (χ1) is 5.34.